The standard InChI is InChI=1S/C19H32N4O2.HI/c1-20-19(23(4)14-16-9-11-24-15-16)21-13-17-7-5-6-8-18(17)25-12-10-22(2)3;/h5-8,16H,9-15H2,1-4H3,(H,20,21);1H. The van der Waals surface area contributed by atoms with E-state index in [0.717, 1.165) is 50.0 Å². The van der Waals surface area contributed by atoms with Crippen LogP contribution in [0.5, 0.6) is 5.75 Å². The fourth-order valence-electron chi connectivity index (χ4n) is 2.89. The zero-order valence-corrected chi connectivity index (χ0v) is 18.7. The molecule has 1 N–H and O–H groups in total. The largest absolute Gasteiger partial charge is 0.492 e. The highest BCUT2D eigenvalue weighted by atomic mass is 127. The number of ether oxygens (including phenoxy) is 2. The Morgan fingerprint density at radius 1 is 1.31 bits per heavy atom. The molecule has 0 saturated carbocycles. The van der Waals surface area contributed by atoms with Gasteiger partial charge in [0.1, 0.15) is 12.4 Å². The van der Waals surface area contributed by atoms with Gasteiger partial charge >= 0.3 is 0 Å². The summed E-state index contributed by atoms with van der Waals surface area (Å²) in [6.45, 7) is 4.96. The molecule has 1 heterocycles. The van der Waals surface area contributed by atoms with Gasteiger partial charge in [0.15, 0.2) is 5.96 Å². The van der Waals surface area contributed by atoms with E-state index in [1.807, 2.05) is 39.3 Å². The average molecular weight is 476 g/mol. The van der Waals surface area contributed by atoms with Crippen molar-refractivity contribution in [3.05, 3.63) is 29.8 Å². The molecule has 1 aromatic rings. The van der Waals surface area contributed by atoms with Crippen LogP contribution in [0.1, 0.15) is 12.0 Å². The molecule has 1 aromatic carbocycles. The minimum Gasteiger partial charge on any atom is -0.492 e. The second kappa shape index (κ2) is 12.3. The Hall–Kier alpha value is -1.06. The fraction of sp³-hybridized carbons (Fsp3) is 0.632. The van der Waals surface area contributed by atoms with Gasteiger partial charge in [-0.25, -0.2) is 0 Å². The number of hydrogen-bond acceptors (Lipinski definition) is 4. The lowest BCUT2D eigenvalue weighted by Gasteiger charge is -2.25. The molecule has 1 atom stereocenters. The van der Waals surface area contributed by atoms with Gasteiger partial charge in [-0.15, -0.1) is 24.0 Å². The maximum Gasteiger partial charge on any atom is 0.193 e. The minimum absolute atomic E-state index is 0. The van der Waals surface area contributed by atoms with Crippen molar-refractivity contribution in [1.29, 1.82) is 0 Å². The Morgan fingerprint density at radius 2 is 2.08 bits per heavy atom. The maximum absolute atomic E-state index is 5.93. The molecule has 1 saturated heterocycles. The average Bonchev–Trinajstić information content (AvgIpc) is 3.09. The first-order valence-corrected chi connectivity index (χ1v) is 8.95. The van der Waals surface area contributed by atoms with Crippen LogP contribution >= 0.6 is 24.0 Å². The first-order chi connectivity index (χ1) is 12.1. The van der Waals surface area contributed by atoms with Gasteiger partial charge in [0.05, 0.1) is 6.61 Å². The number of likely N-dealkylation sites (N-methyl/N-ethyl adjacent to an activating group) is 1. The topological polar surface area (TPSA) is 49.3 Å². The fourth-order valence-corrected chi connectivity index (χ4v) is 2.89. The van der Waals surface area contributed by atoms with Gasteiger partial charge in [-0.3, -0.25) is 4.99 Å². The van der Waals surface area contributed by atoms with Crippen molar-refractivity contribution in [2.45, 2.75) is 13.0 Å². The smallest absolute Gasteiger partial charge is 0.193 e. The van der Waals surface area contributed by atoms with E-state index in [1.54, 1.807) is 0 Å². The molecule has 1 aliphatic rings. The van der Waals surface area contributed by atoms with E-state index in [0.29, 0.717) is 19.1 Å². The van der Waals surface area contributed by atoms with Crippen molar-refractivity contribution in [3.63, 3.8) is 0 Å². The Bertz CT molecular complexity index is 548. The maximum atomic E-state index is 5.93. The molecule has 0 spiro atoms. The highest BCUT2D eigenvalue weighted by molar-refractivity contribution is 14.0. The number of benzene rings is 1. The zero-order chi connectivity index (χ0) is 18.1. The molecule has 26 heavy (non-hydrogen) atoms. The van der Waals surface area contributed by atoms with Crippen molar-refractivity contribution in [2.75, 3.05) is 61.1 Å². The Morgan fingerprint density at radius 3 is 2.73 bits per heavy atom. The molecule has 0 aliphatic carbocycles. The van der Waals surface area contributed by atoms with Crippen molar-refractivity contribution >= 4 is 29.9 Å². The van der Waals surface area contributed by atoms with E-state index < -0.39 is 0 Å². The van der Waals surface area contributed by atoms with Crippen LogP contribution < -0.4 is 10.1 Å². The minimum atomic E-state index is 0. The molecule has 148 valence electrons. The van der Waals surface area contributed by atoms with Crippen molar-refractivity contribution in [2.24, 2.45) is 10.9 Å². The van der Waals surface area contributed by atoms with E-state index in [9.17, 15) is 0 Å². The third kappa shape index (κ3) is 7.67. The van der Waals surface area contributed by atoms with E-state index >= 15 is 0 Å². The van der Waals surface area contributed by atoms with Gasteiger partial charge < -0.3 is 24.6 Å². The van der Waals surface area contributed by atoms with Crippen molar-refractivity contribution in [3.8, 4) is 5.75 Å². The predicted octanol–water partition coefficient (Wildman–Crippen LogP) is 2.29. The van der Waals surface area contributed by atoms with Crippen LogP contribution in [0.25, 0.3) is 0 Å². The van der Waals surface area contributed by atoms with Gasteiger partial charge in [0.25, 0.3) is 0 Å². The number of nitrogens with zero attached hydrogens (tertiary/aromatic N) is 3. The Kier molecular flexibility index (Phi) is 10.9. The van der Waals surface area contributed by atoms with E-state index in [1.165, 1.54) is 0 Å². The number of hydrogen-bond donors (Lipinski definition) is 1. The van der Waals surface area contributed by atoms with E-state index in [4.69, 9.17) is 9.47 Å². The summed E-state index contributed by atoms with van der Waals surface area (Å²) < 4.78 is 11.4. The van der Waals surface area contributed by atoms with Crippen LogP contribution in [0.15, 0.2) is 29.3 Å². The monoisotopic (exact) mass is 476 g/mol. The van der Waals surface area contributed by atoms with Gasteiger partial charge in [-0.05, 0) is 26.6 Å². The lowest BCUT2D eigenvalue weighted by molar-refractivity contribution is 0.181. The summed E-state index contributed by atoms with van der Waals surface area (Å²) in [5, 5.41) is 3.44. The van der Waals surface area contributed by atoms with Gasteiger partial charge in [0.2, 0.25) is 0 Å². The van der Waals surface area contributed by atoms with E-state index in [2.05, 4.69) is 33.2 Å². The van der Waals surface area contributed by atoms with Crippen molar-refractivity contribution < 1.29 is 9.47 Å². The molecule has 0 aromatic heterocycles. The molecule has 1 fully saturated rings. The number of rotatable bonds is 8. The van der Waals surface area contributed by atoms with Gasteiger partial charge in [-0.2, -0.15) is 0 Å². The summed E-state index contributed by atoms with van der Waals surface area (Å²) in [4.78, 5) is 8.69. The number of halogens is 1. The lowest BCUT2D eigenvalue weighted by atomic mass is 10.1. The summed E-state index contributed by atoms with van der Waals surface area (Å²) in [6, 6.07) is 8.17. The summed E-state index contributed by atoms with van der Waals surface area (Å²) in [5.41, 5.74) is 1.14. The third-order valence-electron chi connectivity index (χ3n) is 4.34. The highest BCUT2D eigenvalue weighted by Crippen LogP contribution is 2.18. The molecule has 0 amide bonds. The van der Waals surface area contributed by atoms with Crippen LogP contribution in [-0.2, 0) is 11.3 Å². The summed E-state index contributed by atoms with van der Waals surface area (Å²) in [7, 11) is 7.99. The van der Waals surface area contributed by atoms with Crippen LogP contribution in [-0.4, -0.2) is 76.9 Å². The molecule has 0 radical (unpaired) electrons. The lowest BCUT2D eigenvalue weighted by Crippen LogP contribution is -2.41. The van der Waals surface area contributed by atoms with Crippen LogP contribution in [0.3, 0.4) is 0 Å². The third-order valence-corrected chi connectivity index (χ3v) is 4.34. The van der Waals surface area contributed by atoms with Crippen LogP contribution in [0.4, 0.5) is 0 Å². The number of guanidine groups is 1. The summed E-state index contributed by atoms with van der Waals surface area (Å²) in [5.74, 6) is 2.42. The van der Waals surface area contributed by atoms with Gasteiger partial charge in [-0.1, -0.05) is 18.2 Å². The first-order valence-electron chi connectivity index (χ1n) is 8.95. The second-order valence-corrected chi connectivity index (χ2v) is 6.77. The number of nitrogens with one attached hydrogen (secondary N) is 1. The molecular weight excluding hydrogens is 443 g/mol. The Balaban J connectivity index is 0.00000338. The Labute approximate surface area is 175 Å². The quantitative estimate of drug-likeness (QED) is 0.355. The second-order valence-electron chi connectivity index (χ2n) is 6.77. The zero-order valence-electron chi connectivity index (χ0n) is 16.4. The molecule has 2 rings (SSSR count). The van der Waals surface area contributed by atoms with Crippen LogP contribution in [0, 0.1) is 5.92 Å². The van der Waals surface area contributed by atoms with Gasteiger partial charge in [0, 0.05) is 51.8 Å². The van der Waals surface area contributed by atoms with Crippen molar-refractivity contribution in [1.82, 2.24) is 15.1 Å². The predicted molar refractivity (Wildman–Crippen MR) is 118 cm³/mol. The highest BCUT2D eigenvalue weighted by Gasteiger charge is 2.19. The summed E-state index contributed by atoms with van der Waals surface area (Å²) in [6.07, 6.45) is 1.13. The molecule has 6 nitrogen and oxygen atoms in total. The molecule has 1 unspecified atom stereocenters. The van der Waals surface area contributed by atoms with E-state index in [-0.39, 0.29) is 24.0 Å². The SMILES string of the molecule is CN=C(NCc1ccccc1OCCN(C)C)N(C)CC1CCOC1.I. The first kappa shape index (κ1) is 23.0. The number of aliphatic imine (C=N–C) groups is 1. The van der Waals surface area contributed by atoms with Crippen LogP contribution in [0.2, 0.25) is 0 Å². The normalized spacial score (nSPS) is 17.1. The molecule has 7 heteroatoms. The molecular formula is C19H33IN4O2. The molecule has 0 bridgehead atoms. The summed E-state index contributed by atoms with van der Waals surface area (Å²) >= 11 is 0. The number of para-hydroxylation sites is 1. The molecule has 1 aliphatic heterocycles.